The number of aromatic nitrogens is 4. The summed E-state index contributed by atoms with van der Waals surface area (Å²) >= 11 is 1.86. The molecule has 0 bridgehead atoms. The van der Waals surface area contributed by atoms with Gasteiger partial charge in [0.1, 0.15) is 0 Å². The molecule has 5 nitrogen and oxygen atoms in total. The van der Waals surface area contributed by atoms with Crippen LogP contribution in [0.1, 0.15) is 44.6 Å². The molecule has 2 aliphatic carbocycles. The Balaban J connectivity index is 1.69. The lowest BCUT2D eigenvalue weighted by Gasteiger charge is -2.30. The van der Waals surface area contributed by atoms with Gasteiger partial charge in [0.15, 0.2) is 0 Å². The van der Waals surface area contributed by atoms with E-state index in [4.69, 9.17) is 0 Å². The molecular weight excluding hydrogens is 234 g/mol. The SMILES string of the molecule is CNC1CCCCC1Sc1nnnn1C1CC1. The quantitative estimate of drug-likeness (QED) is 0.884. The Bertz CT molecular complexity index is 376. The molecule has 6 heteroatoms. The summed E-state index contributed by atoms with van der Waals surface area (Å²) in [5.74, 6) is 0. The maximum Gasteiger partial charge on any atom is 0.209 e. The summed E-state index contributed by atoms with van der Waals surface area (Å²) in [6, 6.07) is 1.18. The highest BCUT2D eigenvalue weighted by Crippen LogP contribution is 2.39. The first-order valence-electron chi connectivity index (χ1n) is 6.50. The van der Waals surface area contributed by atoms with Crippen molar-refractivity contribution in [3.8, 4) is 0 Å². The molecule has 2 unspecified atom stereocenters. The summed E-state index contributed by atoms with van der Waals surface area (Å²) < 4.78 is 2.02. The van der Waals surface area contributed by atoms with Crippen LogP contribution in [0.3, 0.4) is 0 Å². The van der Waals surface area contributed by atoms with E-state index in [0.717, 1.165) is 5.16 Å². The van der Waals surface area contributed by atoms with Crippen molar-refractivity contribution < 1.29 is 0 Å². The zero-order chi connectivity index (χ0) is 11.7. The van der Waals surface area contributed by atoms with Crippen LogP contribution >= 0.6 is 11.8 Å². The Hall–Kier alpha value is -0.620. The van der Waals surface area contributed by atoms with E-state index in [1.165, 1.54) is 38.5 Å². The average Bonchev–Trinajstić information content (AvgIpc) is 3.11. The van der Waals surface area contributed by atoms with Gasteiger partial charge in [-0.15, -0.1) is 5.10 Å². The van der Waals surface area contributed by atoms with Gasteiger partial charge in [-0.3, -0.25) is 0 Å². The molecular formula is C11H19N5S. The summed E-state index contributed by atoms with van der Waals surface area (Å²) in [4.78, 5) is 0. The summed E-state index contributed by atoms with van der Waals surface area (Å²) in [6.45, 7) is 0. The highest BCUT2D eigenvalue weighted by atomic mass is 32.2. The summed E-state index contributed by atoms with van der Waals surface area (Å²) in [5, 5.41) is 17.2. The fourth-order valence-corrected chi connectivity index (χ4v) is 3.88. The number of nitrogens with zero attached hydrogens (tertiary/aromatic N) is 4. The third-order valence-electron chi connectivity index (χ3n) is 3.69. The number of nitrogens with one attached hydrogen (secondary N) is 1. The Morgan fingerprint density at radius 2 is 2.06 bits per heavy atom. The maximum absolute atomic E-state index is 4.18. The number of thioether (sulfide) groups is 1. The van der Waals surface area contributed by atoms with Crippen LogP contribution in [0.15, 0.2) is 5.16 Å². The number of hydrogen-bond donors (Lipinski definition) is 1. The zero-order valence-electron chi connectivity index (χ0n) is 10.2. The van der Waals surface area contributed by atoms with Crippen molar-refractivity contribution in [2.45, 2.75) is 61.0 Å². The van der Waals surface area contributed by atoms with E-state index < -0.39 is 0 Å². The van der Waals surface area contributed by atoms with Gasteiger partial charge in [0.05, 0.1) is 6.04 Å². The van der Waals surface area contributed by atoms with Gasteiger partial charge < -0.3 is 5.32 Å². The zero-order valence-corrected chi connectivity index (χ0v) is 11.0. The van der Waals surface area contributed by atoms with Gasteiger partial charge >= 0.3 is 0 Å². The molecule has 2 aliphatic rings. The van der Waals surface area contributed by atoms with Crippen LogP contribution in [0.2, 0.25) is 0 Å². The van der Waals surface area contributed by atoms with Gasteiger partial charge in [-0.25, -0.2) is 4.68 Å². The predicted molar refractivity (Wildman–Crippen MR) is 67.0 cm³/mol. The lowest BCUT2D eigenvalue weighted by molar-refractivity contribution is 0.404. The molecule has 0 radical (unpaired) electrons. The first kappa shape index (κ1) is 11.5. The molecule has 2 atom stereocenters. The molecule has 0 saturated heterocycles. The Morgan fingerprint density at radius 1 is 1.24 bits per heavy atom. The highest BCUT2D eigenvalue weighted by molar-refractivity contribution is 7.99. The minimum atomic E-state index is 0.573. The molecule has 3 rings (SSSR count). The van der Waals surface area contributed by atoms with Gasteiger partial charge in [0.25, 0.3) is 0 Å². The maximum atomic E-state index is 4.18. The van der Waals surface area contributed by atoms with E-state index in [0.29, 0.717) is 17.3 Å². The molecule has 2 saturated carbocycles. The van der Waals surface area contributed by atoms with Gasteiger partial charge in [0, 0.05) is 11.3 Å². The second kappa shape index (κ2) is 4.94. The third kappa shape index (κ3) is 2.47. The van der Waals surface area contributed by atoms with Crippen LogP contribution < -0.4 is 5.32 Å². The van der Waals surface area contributed by atoms with Gasteiger partial charge in [-0.2, -0.15) is 0 Å². The van der Waals surface area contributed by atoms with Gasteiger partial charge in [0.2, 0.25) is 5.16 Å². The lowest BCUT2D eigenvalue weighted by atomic mass is 9.95. The van der Waals surface area contributed by atoms with Crippen LogP contribution in [0.4, 0.5) is 0 Å². The smallest absolute Gasteiger partial charge is 0.209 e. The highest BCUT2D eigenvalue weighted by Gasteiger charge is 2.31. The monoisotopic (exact) mass is 253 g/mol. The first-order valence-corrected chi connectivity index (χ1v) is 7.38. The molecule has 2 fully saturated rings. The summed E-state index contributed by atoms with van der Waals surface area (Å²) in [5.41, 5.74) is 0. The number of tetrazole rings is 1. The molecule has 0 spiro atoms. The standard InChI is InChI=1S/C11H19N5S/c1-12-9-4-2-3-5-10(9)17-11-13-14-15-16(11)8-6-7-8/h8-10,12H,2-7H2,1H3. The minimum absolute atomic E-state index is 0.573. The fraction of sp³-hybridized carbons (Fsp3) is 0.909. The largest absolute Gasteiger partial charge is 0.316 e. The summed E-state index contributed by atoms with van der Waals surface area (Å²) in [6.07, 6.45) is 7.70. The van der Waals surface area contributed by atoms with Crippen LogP contribution in [0.5, 0.6) is 0 Å². The molecule has 1 aromatic rings. The van der Waals surface area contributed by atoms with Gasteiger partial charge in [-0.1, -0.05) is 24.6 Å². The minimum Gasteiger partial charge on any atom is -0.316 e. The van der Waals surface area contributed by atoms with Crippen molar-refractivity contribution in [1.29, 1.82) is 0 Å². The lowest BCUT2D eigenvalue weighted by Crippen LogP contribution is -2.38. The predicted octanol–water partition coefficient (Wildman–Crippen LogP) is 1.63. The van der Waals surface area contributed by atoms with E-state index in [2.05, 4.69) is 27.9 Å². The normalized spacial score (nSPS) is 29.5. The van der Waals surface area contributed by atoms with E-state index in [1.54, 1.807) is 0 Å². The Morgan fingerprint density at radius 3 is 2.82 bits per heavy atom. The molecule has 1 heterocycles. The molecule has 0 aliphatic heterocycles. The van der Waals surface area contributed by atoms with Crippen molar-refractivity contribution in [3.63, 3.8) is 0 Å². The molecule has 1 aromatic heterocycles. The van der Waals surface area contributed by atoms with Crippen molar-refractivity contribution in [2.75, 3.05) is 7.05 Å². The molecule has 17 heavy (non-hydrogen) atoms. The number of hydrogen-bond acceptors (Lipinski definition) is 5. The van der Waals surface area contributed by atoms with E-state index in [1.807, 2.05) is 16.4 Å². The van der Waals surface area contributed by atoms with E-state index in [9.17, 15) is 0 Å². The fourth-order valence-electron chi connectivity index (χ4n) is 2.51. The van der Waals surface area contributed by atoms with Crippen LogP contribution in [-0.2, 0) is 0 Å². The van der Waals surface area contributed by atoms with Crippen molar-refractivity contribution in [3.05, 3.63) is 0 Å². The first-order chi connectivity index (χ1) is 8.38. The summed E-state index contributed by atoms with van der Waals surface area (Å²) in [7, 11) is 2.06. The molecule has 0 amide bonds. The van der Waals surface area contributed by atoms with Crippen molar-refractivity contribution in [1.82, 2.24) is 25.5 Å². The molecule has 94 valence electrons. The van der Waals surface area contributed by atoms with Crippen LogP contribution in [0.25, 0.3) is 0 Å². The molecule has 0 aromatic carbocycles. The van der Waals surface area contributed by atoms with E-state index in [-0.39, 0.29) is 0 Å². The third-order valence-corrected chi connectivity index (χ3v) is 5.03. The second-order valence-corrected chi connectivity index (χ2v) is 6.18. The van der Waals surface area contributed by atoms with Crippen molar-refractivity contribution >= 4 is 11.8 Å². The Labute approximate surface area is 106 Å². The Kier molecular flexibility index (Phi) is 3.33. The average molecular weight is 253 g/mol. The van der Waals surface area contributed by atoms with Crippen LogP contribution in [0, 0.1) is 0 Å². The van der Waals surface area contributed by atoms with Gasteiger partial charge in [-0.05, 0) is 43.2 Å². The topological polar surface area (TPSA) is 55.6 Å². The van der Waals surface area contributed by atoms with E-state index >= 15 is 0 Å². The second-order valence-electron chi connectivity index (χ2n) is 4.97. The number of rotatable bonds is 4. The molecule has 1 N–H and O–H groups in total. The van der Waals surface area contributed by atoms with Crippen LogP contribution in [-0.4, -0.2) is 38.5 Å². The van der Waals surface area contributed by atoms with Crippen molar-refractivity contribution in [2.24, 2.45) is 0 Å².